The lowest BCUT2D eigenvalue weighted by atomic mass is 9.98. The molecule has 0 spiro atoms. The molecule has 0 bridgehead atoms. The average Bonchev–Trinajstić information content (AvgIpc) is 3.58. The van der Waals surface area contributed by atoms with Gasteiger partial charge in [0.05, 0.1) is 39.2 Å². The van der Waals surface area contributed by atoms with Gasteiger partial charge >= 0.3 is 0 Å². The van der Waals surface area contributed by atoms with E-state index in [1.54, 1.807) is 55.5 Å². The third-order valence-corrected chi connectivity index (χ3v) is 9.25. The molecule has 0 saturated carbocycles. The van der Waals surface area contributed by atoms with E-state index in [1.807, 2.05) is 21.3 Å². The van der Waals surface area contributed by atoms with Gasteiger partial charge in [-0.2, -0.15) is 10.5 Å². The smallest absolute Gasteiger partial charge is 0.269 e. The van der Waals surface area contributed by atoms with E-state index in [9.17, 15) is 34.6 Å². The maximum atomic E-state index is 13.7. The summed E-state index contributed by atoms with van der Waals surface area (Å²) in [4.78, 5) is 35.1. The van der Waals surface area contributed by atoms with Gasteiger partial charge in [0.15, 0.2) is 0 Å². The molecule has 6 aromatic rings. The van der Waals surface area contributed by atoms with Crippen LogP contribution >= 0.6 is 0 Å². The zero-order valence-electron chi connectivity index (χ0n) is 27.5. The molecule has 2 aromatic heterocycles. The summed E-state index contributed by atoms with van der Waals surface area (Å²) in [7, 11) is 0. The number of aromatic nitrogens is 2. The van der Waals surface area contributed by atoms with Gasteiger partial charge < -0.3 is 19.8 Å². The number of hydrogen-bond acceptors (Lipinski definition) is 6. The Morgan fingerprint density at radius 2 is 1.22 bits per heavy atom. The summed E-state index contributed by atoms with van der Waals surface area (Å²) < 4.78 is 17.7. The molecular weight excluding hydrogens is 649 g/mol. The number of carbonyl (C=O) groups is 2. The van der Waals surface area contributed by atoms with Gasteiger partial charge in [-0.25, -0.2) is 4.39 Å². The summed E-state index contributed by atoms with van der Waals surface area (Å²) >= 11 is 0. The van der Waals surface area contributed by atoms with Gasteiger partial charge in [-0.1, -0.05) is 6.07 Å². The number of non-ortho nitro benzene ring substituents is 1. The number of nitrogens with zero attached hydrogens (tertiary/aromatic N) is 5. The van der Waals surface area contributed by atoms with Gasteiger partial charge in [0.25, 0.3) is 17.5 Å². The van der Waals surface area contributed by atoms with Crippen LogP contribution in [0.25, 0.3) is 44.1 Å². The molecule has 0 fully saturated rings. The van der Waals surface area contributed by atoms with Crippen LogP contribution in [0, 0.1) is 45.5 Å². The van der Waals surface area contributed by atoms with Crippen LogP contribution in [0.2, 0.25) is 0 Å². The van der Waals surface area contributed by atoms with Crippen LogP contribution < -0.4 is 10.6 Å². The molecule has 4 heterocycles. The molecule has 4 aromatic carbocycles. The Kier molecular flexibility index (Phi) is 8.51. The SMILES string of the molecule is Cc1cc(-c2cc(C#N)cc3cc4n(c23)CCCNC4=O)ccc1F.N#Cc1cc(-c2ccc([N+](=O)[O-])cc2)c2c(c1)cc1n2CCCNC1=O. The number of carbonyl (C=O) groups excluding carboxylic acids is 2. The number of nitro benzene ring substituents is 1. The van der Waals surface area contributed by atoms with Crippen molar-refractivity contribution in [2.24, 2.45) is 0 Å². The molecule has 2 aliphatic heterocycles. The second-order valence-electron chi connectivity index (χ2n) is 12.5. The summed E-state index contributed by atoms with van der Waals surface area (Å²) in [5, 5.41) is 37.1. The van der Waals surface area contributed by atoms with Gasteiger partial charge in [-0.05, 0) is 97.1 Å². The standard InChI is InChI=1S/C20H16FN3O.C19H14N4O3/c1-12-7-14(3-4-17(12)21)16-9-13(11-22)8-15-10-18-20(25)23-5-2-6-24(18)19(15)16;20-11-12-8-14-10-17-19(24)21-6-1-7-22(17)18(14)16(9-12)13-2-4-15(5-3-13)23(25)26/h3-4,7-10H,2,5-6H2,1H3,(H,23,25);2-5,8-10H,1,6-7H2,(H,21,24). The van der Waals surface area contributed by atoms with E-state index in [0.717, 1.165) is 63.4 Å². The molecule has 0 atom stereocenters. The third-order valence-electron chi connectivity index (χ3n) is 9.25. The Morgan fingerprint density at radius 3 is 1.69 bits per heavy atom. The highest BCUT2D eigenvalue weighted by atomic mass is 19.1. The normalized spacial score (nSPS) is 13.7. The van der Waals surface area contributed by atoms with Crippen molar-refractivity contribution in [1.29, 1.82) is 10.5 Å². The Morgan fingerprint density at radius 1 is 0.725 bits per heavy atom. The summed E-state index contributed by atoms with van der Waals surface area (Å²) in [6.45, 7) is 4.38. The largest absolute Gasteiger partial charge is 0.351 e. The number of aryl methyl sites for hydroxylation is 3. The van der Waals surface area contributed by atoms with Crippen molar-refractivity contribution in [3.05, 3.63) is 123 Å². The van der Waals surface area contributed by atoms with E-state index >= 15 is 0 Å². The summed E-state index contributed by atoms with van der Waals surface area (Å²) in [6.07, 6.45) is 1.65. The van der Waals surface area contributed by atoms with Gasteiger partial charge in [-0.3, -0.25) is 19.7 Å². The summed E-state index contributed by atoms with van der Waals surface area (Å²) in [5.41, 5.74) is 7.74. The minimum atomic E-state index is -0.446. The summed E-state index contributed by atoms with van der Waals surface area (Å²) in [5.74, 6) is -0.495. The lowest BCUT2D eigenvalue weighted by Crippen LogP contribution is -2.22. The van der Waals surface area contributed by atoms with E-state index < -0.39 is 4.92 Å². The first-order chi connectivity index (χ1) is 24.7. The molecule has 11 nitrogen and oxygen atoms in total. The van der Waals surface area contributed by atoms with Crippen molar-refractivity contribution in [1.82, 2.24) is 19.8 Å². The monoisotopic (exact) mass is 679 g/mol. The predicted molar refractivity (Wildman–Crippen MR) is 189 cm³/mol. The maximum absolute atomic E-state index is 13.7. The molecule has 51 heavy (non-hydrogen) atoms. The third kappa shape index (κ3) is 6.04. The fraction of sp³-hybridized carbons (Fsp3) is 0.179. The molecule has 8 rings (SSSR count). The number of fused-ring (bicyclic) bond motifs is 6. The van der Waals surface area contributed by atoms with Crippen LogP contribution in [0.4, 0.5) is 10.1 Å². The first kappa shape index (κ1) is 32.7. The number of nitrogens with one attached hydrogen (secondary N) is 2. The topological polar surface area (TPSA) is 159 Å². The fourth-order valence-corrected chi connectivity index (χ4v) is 6.87. The van der Waals surface area contributed by atoms with Crippen LogP contribution in [-0.2, 0) is 13.1 Å². The minimum Gasteiger partial charge on any atom is -0.351 e. The fourth-order valence-electron chi connectivity index (χ4n) is 6.87. The van der Waals surface area contributed by atoms with E-state index in [4.69, 9.17) is 0 Å². The zero-order chi connectivity index (χ0) is 35.8. The van der Waals surface area contributed by atoms with Crippen LogP contribution in [-0.4, -0.2) is 39.0 Å². The molecule has 2 N–H and O–H groups in total. The summed E-state index contributed by atoms with van der Waals surface area (Å²) in [6, 6.07) is 26.2. The van der Waals surface area contributed by atoms with Crippen molar-refractivity contribution in [2.45, 2.75) is 32.9 Å². The van der Waals surface area contributed by atoms with Crippen molar-refractivity contribution in [2.75, 3.05) is 13.1 Å². The van der Waals surface area contributed by atoms with Crippen LogP contribution in [0.15, 0.2) is 78.9 Å². The first-order valence-corrected chi connectivity index (χ1v) is 16.4. The molecule has 252 valence electrons. The molecule has 2 aliphatic rings. The van der Waals surface area contributed by atoms with Crippen molar-refractivity contribution >= 4 is 39.3 Å². The van der Waals surface area contributed by atoms with E-state index in [1.165, 1.54) is 18.2 Å². The second-order valence-corrected chi connectivity index (χ2v) is 12.5. The average molecular weight is 680 g/mol. The Labute approximate surface area is 291 Å². The van der Waals surface area contributed by atoms with Crippen LogP contribution in [0.5, 0.6) is 0 Å². The van der Waals surface area contributed by atoms with Gasteiger partial charge in [0.1, 0.15) is 17.2 Å². The second kappa shape index (κ2) is 13.3. The minimum absolute atomic E-state index is 0.00907. The molecular formula is C39H30FN7O4. The van der Waals surface area contributed by atoms with Gasteiger partial charge in [0.2, 0.25) is 0 Å². The zero-order valence-corrected chi connectivity index (χ0v) is 27.5. The molecule has 0 saturated heterocycles. The number of hydrogen-bond donors (Lipinski definition) is 2. The van der Waals surface area contributed by atoms with Gasteiger partial charge in [0, 0.05) is 60.2 Å². The molecule has 0 radical (unpaired) electrons. The van der Waals surface area contributed by atoms with E-state index in [0.29, 0.717) is 47.7 Å². The lowest BCUT2D eigenvalue weighted by Gasteiger charge is -2.12. The quantitative estimate of drug-likeness (QED) is 0.152. The van der Waals surface area contributed by atoms with Gasteiger partial charge in [-0.15, -0.1) is 0 Å². The molecule has 0 aliphatic carbocycles. The number of benzene rings is 4. The highest BCUT2D eigenvalue weighted by Gasteiger charge is 2.23. The Hall–Kier alpha value is -6.79. The van der Waals surface area contributed by atoms with Crippen molar-refractivity contribution in [3.63, 3.8) is 0 Å². The van der Waals surface area contributed by atoms with E-state index in [-0.39, 0.29) is 23.3 Å². The Balaban J connectivity index is 0.000000159. The van der Waals surface area contributed by atoms with Crippen molar-refractivity contribution < 1.29 is 18.9 Å². The lowest BCUT2D eigenvalue weighted by molar-refractivity contribution is -0.384. The highest BCUT2D eigenvalue weighted by molar-refractivity contribution is 6.05. The number of rotatable bonds is 3. The van der Waals surface area contributed by atoms with Crippen LogP contribution in [0.1, 0.15) is 50.5 Å². The molecule has 0 unspecified atom stereocenters. The first-order valence-electron chi connectivity index (χ1n) is 16.4. The molecule has 12 heteroatoms. The number of nitro groups is 1. The Bertz CT molecular complexity index is 2500. The van der Waals surface area contributed by atoms with E-state index in [2.05, 4.69) is 22.8 Å². The molecule has 2 amide bonds. The number of halogens is 1. The number of nitriles is 2. The van der Waals surface area contributed by atoms with Crippen molar-refractivity contribution in [3.8, 4) is 34.4 Å². The predicted octanol–water partition coefficient (Wildman–Crippen LogP) is 6.98. The number of amides is 2. The highest BCUT2D eigenvalue weighted by Crippen LogP contribution is 2.36. The van der Waals surface area contributed by atoms with Crippen LogP contribution in [0.3, 0.4) is 0 Å². The maximum Gasteiger partial charge on any atom is 0.269 e.